The maximum absolute atomic E-state index is 13.2. The summed E-state index contributed by atoms with van der Waals surface area (Å²) < 4.78 is 10.9. The number of nitriles is 1. The molecular formula is C21H21N7O2. The molecule has 1 saturated heterocycles. The van der Waals surface area contributed by atoms with E-state index < -0.39 is 0 Å². The summed E-state index contributed by atoms with van der Waals surface area (Å²) in [4.78, 5) is 27.0. The minimum absolute atomic E-state index is 0.0462. The molecule has 9 nitrogen and oxygen atoms in total. The summed E-state index contributed by atoms with van der Waals surface area (Å²) in [6, 6.07) is 5.72. The Bertz CT molecular complexity index is 1340. The van der Waals surface area contributed by atoms with Gasteiger partial charge in [-0.1, -0.05) is 6.92 Å². The molecule has 1 fully saturated rings. The van der Waals surface area contributed by atoms with Crippen LogP contribution in [-0.4, -0.2) is 41.7 Å². The number of pyridine rings is 1. The molecule has 0 unspecified atom stereocenters. The van der Waals surface area contributed by atoms with Gasteiger partial charge in [0.1, 0.15) is 22.9 Å². The monoisotopic (exact) mass is 403 g/mol. The van der Waals surface area contributed by atoms with Crippen LogP contribution < -0.4 is 5.69 Å². The second-order valence-electron chi connectivity index (χ2n) is 7.45. The van der Waals surface area contributed by atoms with Gasteiger partial charge in [-0.25, -0.2) is 19.7 Å². The van der Waals surface area contributed by atoms with E-state index in [1.165, 1.54) is 0 Å². The van der Waals surface area contributed by atoms with E-state index in [0.717, 1.165) is 24.8 Å². The van der Waals surface area contributed by atoms with Crippen LogP contribution in [0.5, 0.6) is 0 Å². The van der Waals surface area contributed by atoms with Gasteiger partial charge in [-0.3, -0.25) is 13.5 Å². The number of imidazole rings is 2. The second-order valence-corrected chi connectivity index (χ2v) is 7.45. The normalized spacial score (nSPS) is 15.1. The van der Waals surface area contributed by atoms with E-state index in [1.807, 2.05) is 11.5 Å². The standard InChI is InChI=1S/C21H21N7O2/c1-2-7-26-17-12-24-19(16-11-23-18-4-3-14(10-22)13-27(16)18)25-20(17)28(21(26)29)15-5-8-30-9-6-15/h3-4,11-13,15H,2,5-9H2,1H3. The molecule has 5 rings (SSSR count). The third-order valence-corrected chi connectivity index (χ3v) is 5.57. The third-order valence-electron chi connectivity index (χ3n) is 5.57. The first kappa shape index (κ1) is 18.5. The zero-order valence-corrected chi connectivity index (χ0v) is 16.7. The zero-order chi connectivity index (χ0) is 20.7. The van der Waals surface area contributed by atoms with Crippen molar-refractivity contribution in [3.63, 3.8) is 0 Å². The summed E-state index contributed by atoms with van der Waals surface area (Å²) in [5.74, 6) is 0.472. The summed E-state index contributed by atoms with van der Waals surface area (Å²) in [5, 5.41) is 9.24. The number of aryl methyl sites for hydroxylation is 1. The van der Waals surface area contributed by atoms with E-state index in [-0.39, 0.29) is 11.7 Å². The van der Waals surface area contributed by atoms with Gasteiger partial charge < -0.3 is 4.74 Å². The molecule has 0 spiro atoms. The van der Waals surface area contributed by atoms with Crippen molar-refractivity contribution >= 4 is 16.8 Å². The minimum atomic E-state index is -0.0462. The van der Waals surface area contributed by atoms with E-state index >= 15 is 0 Å². The van der Waals surface area contributed by atoms with Crippen molar-refractivity contribution in [1.29, 1.82) is 5.26 Å². The van der Waals surface area contributed by atoms with Crippen molar-refractivity contribution in [2.45, 2.75) is 38.8 Å². The number of hydrogen-bond donors (Lipinski definition) is 0. The highest BCUT2D eigenvalue weighted by Gasteiger charge is 2.24. The van der Waals surface area contributed by atoms with Gasteiger partial charge in [-0.05, 0) is 31.4 Å². The van der Waals surface area contributed by atoms with E-state index in [0.29, 0.717) is 48.1 Å². The summed E-state index contributed by atoms with van der Waals surface area (Å²) in [5.41, 5.74) is 3.24. The second kappa shape index (κ2) is 7.39. The van der Waals surface area contributed by atoms with E-state index in [4.69, 9.17) is 9.72 Å². The molecule has 4 aromatic heterocycles. The van der Waals surface area contributed by atoms with Crippen molar-refractivity contribution < 1.29 is 4.74 Å². The van der Waals surface area contributed by atoms with Crippen LogP contribution in [0.25, 0.3) is 28.3 Å². The average Bonchev–Trinajstić information content (AvgIpc) is 3.32. The lowest BCUT2D eigenvalue weighted by Gasteiger charge is -2.22. The Kier molecular flexibility index (Phi) is 4.56. The highest BCUT2D eigenvalue weighted by molar-refractivity contribution is 5.73. The lowest BCUT2D eigenvalue weighted by Crippen LogP contribution is -2.30. The van der Waals surface area contributed by atoms with Crippen LogP contribution >= 0.6 is 0 Å². The van der Waals surface area contributed by atoms with E-state index in [9.17, 15) is 10.1 Å². The SMILES string of the molecule is CCCn1c(=O)n(C2CCOCC2)c2nc(-c3cnc4ccc(C#N)cn34)ncc21. The molecule has 0 N–H and O–H groups in total. The topological polar surface area (TPSA) is 103 Å². The smallest absolute Gasteiger partial charge is 0.330 e. The van der Waals surface area contributed by atoms with Crippen molar-refractivity contribution in [1.82, 2.24) is 28.5 Å². The maximum Gasteiger partial charge on any atom is 0.330 e. The van der Waals surface area contributed by atoms with Gasteiger partial charge in [0.15, 0.2) is 11.5 Å². The molecule has 0 aliphatic carbocycles. The first-order chi connectivity index (χ1) is 14.7. The molecule has 1 aliphatic heterocycles. The Balaban J connectivity index is 1.72. The average molecular weight is 403 g/mol. The third kappa shape index (κ3) is 2.88. The van der Waals surface area contributed by atoms with E-state index in [2.05, 4.69) is 16.0 Å². The predicted molar refractivity (Wildman–Crippen MR) is 110 cm³/mol. The lowest BCUT2D eigenvalue weighted by molar-refractivity contribution is 0.0694. The molecule has 1 aliphatic rings. The van der Waals surface area contributed by atoms with Gasteiger partial charge in [0.25, 0.3) is 0 Å². The number of nitrogens with zero attached hydrogens (tertiary/aromatic N) is 7. The van der Waals surface area contributed by atoms with Gasteiger partial charge >= 0.3 is 5.69 Å². The molecule has 0 atom stereocenters. The summed E-state index contributed by atoms with van der Waals surface area (Å²) in [6.45, 7) is 3.94. The molecule has 0 bridgehead atoms. The van der Waals surface area contributed by atoms with Crippen LogP contribution in [0.1, 0.15) is 37.8 Å². The van der Waals surface area contributed by atoms with Crippen molar-refractivity contribution in [2.24, 2.45) is 0 Å². The molecule has 0 aromatic carbocycles. The number of aromatic nitrogens is 6. The maximum atomic E-state index is 13.2. The van der Waals surface area contributed by atoms with Gasteiger partial charge in [0.05, 0.1) is 18.0 Å². The summed E-state index contributed by atoms with van der Waals surface area (Å²) in [7, 11) is 0. The Morgan fingerprint density at radius 2 is 2.07 bits per heavy atom. The largest absolute Gasteiger partial charge is 0.381 e. The zero-order valence-electron chi connectivity index (χ0n) is 16.7. The van der Waals surface area contributed by atoms with Crippen LogP contribution in [0.2, 0.25) is 0 Å². The van der Waals surface area contributed by atoms with Crippen LogP contribution in [0.4, 0.5) is 0 Å². The molecule has 0 radical (unpaired) electrons. The van der Waals surface area contributed by atoms with Gasteiger partial charge in [0, 0.05) is 32.0 Å². The quantitative estimate of drug-likeness (QED) is 0.519. The molecular weight excluding hydrogens is 382 g/mol. The molecule has 152 valence electrons. The van der Waals surface area contributed by atoms with Crippen molar-refractivity contribution in [2.75, 3.05) is 13.2 Å². The van der Waals surface area contributed by atoms with Crippen molar-refractivity contribution in [3.05, 3.63) is 46.8 Å². The Labute approximate surface area is 172 Å². The fourth-order valence-electron chi connectivity index (χ4n) is 4.11. The molecule has 0 saturated carbocycles. The summed E-state index contributed by atoms with van der Waals surface area (Å²) in [6.07, 6.45) is 7.55. The molecule has 30 heavy (non-hydrogen) atoms. The van der Waals surface area contributed by atoms with Gasteiger partial charge in [0.2, 0.25) is 0 Å². The molecule has 9 heteroatoms. The fourth-order valence-corrected chi connectivity index (χ4v) is 4.11. The van der Waals surface area contributed by atoms with Crippen LogP contribution in [0.15, 0.2) is 35.5 Å². The van der Waals surface area contributed by atoms with Crippen LogP contribution in [-0.2, 0) is 11.3 Å². The van der Waals surface area contributed by atoms with Gasteiger partial charge in [-0.2, -0.15) is 5.26 Å². The van der Waals surface area contributed by atoms with Gasteiger partial charge in [-0.15, -0.1) is 0 Å². The fraction of sp³-hybridized carbons (Fsp3) is 0.381. The van der Waals surface area contributed by atoms with Crippen LogP contribution in [0, 0.1) is 11.3 Å². The van der Waals surface area contributed by atoms with E-state index in [1.54, 1.807) is 39.7 Å². The van der Waals surface area contributed by atoms with Crippen molar-refractivity contribution in [3.8, 4) is 17.6 Å². The van der Waals surface area contributed by atoms with Crippen LogP contribution in [0.3, 0.4) is 0 Å². The molecule has 4 aromatic rings. The highest BCUT2D eigenvalue weighted by atomic mass is 16.5. The number of ether oxygens (including phenoxy) is 1. The minimum Gasteiger partial charge on any atom is -0.381 e. The molecule has 5 heterocycles. The molecule has 0 amide bonds. The summed E-state index contributed by atoms with van der Waals surface area (Å²) >= 11 is 0. The Hall–Kier alpha value is -3.51. The number of rotatable bonds is 4. The first-order valence-electron chi connectivity index (χ1n) is 10.1. The number of hydrogen-bond acceptors (Lipinski definition) is 6. The first-order valence-corrected chi connectivity index (χ1v) is 10.1. The number of fused-ring (bicyclic) bond motifs is 2. The lowest BCUT2D eigenvalue weighted by atomic mass is 10.1. The highest BCUT2D eigenvalue weighted by Crippen LogP contribution is 2.26. The Morgan fingerprint density at radius 3 is 2.83 bits per heavy atom. The Morgan fingerprint density at radius 1 is 1.23 bits per heavy atom. The predicted octanol–water partition coefficient (Wildman–Crippen LogP) is 2.54.